The molecule has 0 bridgehead atoms. The Morgan fingerprint density at radius 1 is 1.41 bits per heavy atom. The molecule has 0 radical (unpaired) electrons. The van der Waals surface area contributed by atoms with Crippen molar-refractivity contribution in [2.24, 2.45) is 5.92 Å². The van der Waals surface area contributed by atoms with Crippen LogP contribution in [0.4, 0.5) is 4.39 Å². The van der Waals surface area contributed by atoms with Gasteiger partial charge in [-0.05, 0) is 25.2 Å². The van der Waals surface area contributed by atoms with E-state index in [1.165, 1.54) is 4.90 Å². The van der Waals surface area contributed by atoms with Crippen molar-refractivity contribution in [3.05, 3.63) is 0 Å². The Morgan fingerprint density at radius 2 is 2.12 bits per heavy atom. The summed E-state index contributed by atoms with van der Waals surface area (Å²) in [6, 6.07) is -0.875. The maximum Gasteiger partial charge on any atom is 0.246 e. The lowest BCUT2D eigenvalue weighted by Gasteiger charge is -2.38. The first kappa shape index (κ1) is 12.3. The van der Waals surface area contributed by atoms with Gasteiger partial charge < -0.3 is 10.2 Å². The van der Waals surface area contributed by atoms with Gasteiger partial charge in [-0.25, -0.2) is 4.39 Å². The lowest BCUT2D eigenvalue weighted by Crippen LogP contribution is -2.64. The molecule has 2 rings (SSSR count). The van der Waals surface area contributed by atoms with E-state index in [1.54, 1.807) is 0 Å². The molecule has 96 valence electrons. The van der Waals surface area contributed by atoms with Gasteiger partial charge in [-0.3, -0.25) is 9.59 Å². The molecule has 2 unspecified atom stereocenters. The number of alkyl halides is 1. The van der Waals surface area contributed by atoms with Crippen LogP contribution in [0.1, 0.15) is 32.6 Å². The third-order valence-electron chi connectivity index (χ3n) is 3.51. The van der Waals surface area contributed by atoms with Crippen molar-refractivity contribution >= 4 is 11.8 Å². The highest BCUT2D eigenvalue weighted by molar-refractivity contribution is 5.97. The highest BCUT2D eigenvalue weighted by atomic mass is 19.1. The number of hydrogen-bond acceptors (Lipinski definition) is 2. The van der Waals surface area contributed by atoms with Gasteiger partial charge in [0, 0.05) is 6.54 Å². The van der Waals surface area contributed by atoms with Crippen molar-refractivity contribution in [2.75, 3.05) is 13.2 Å². The van der Waals surface area contributed by atoms with Gasteiger partial charge in [0.1, 0.15) is 18.8 Å². The fraction of sp³-hybridized carbons (Fsp3) is 0.833. The number of nitrogens with zero attached hydrogens (tertiary/aromatic N) is 1. The van der Waals surface area contributed by atoms with Crippen LogP contribution in [-0.2, 0) is 9.59 Å². The first-order chi connectivity index (χ1) is 8.19. The number of nitrogens with one attached hydrogen (secondary N) is 1. The van der Waals surface area contributed by atoms with E-state index in [2.05, 4.69) is 5.32 Å². The minimum Gasteiger partial charge on any atom is -0.342 e. The fourth-order valence-corrected chi connectivity index (χ4v) is 2.45. The van der Waals surface area contributed by atoms with Crippen molar-refractivity contribution < 1.29 is 14.0 Å². The third-order valence-corrected chi connectivity index (χ3v) is 3.51. The van der Waals surface area contributed by atoms with E-state index in [9.17, 15) is 14.0 Å². The van der Waals surface area contributed by atoms with Gasteiger partial charge in [0.05, 0.1) is 0 Å². The second kappa shape index (κ2) is 5.02. The van der Waals surface area contributed by atoms with Crippen LogP contribution in [0.2, 0.25) is 0 Å². The molecule has 0 aromatic heterocycles. The molecule has 2 amide bonds. The van der Waals surface area contributed by atoms with Crippen LogP contribution >= 0.6 is 0 Å². The maximum absolute atomic E-state index is 12.5. The Hall–Kier alpha value is -1.13. The second-order valence-electron chi connectivity index (χ2n) is 4.85. The molecular weight excluding hydrogens is 223 g/mol. The minimum absolute atomic E-state index is 0.0418. The van der Waals surface area contributed by atoms with E-state index in [-0.39, 0.29) is 24.3 Å². The van der Waals surface area contributed by atoms with Gasteiger partial charge in [-0.1, -0.05) is 13.3 Å². The number of rotatable bonds is 5. The molecule has 1 aliphatic carbocycles. The Kier molecular flexibility index (Phi) is 3.64. The minimum atomic E-state index is -0.587. The SMILES string of the molecule is CCCC1C(=O)NC(C2CC2)C(=O)N1CCF. The number of piperazine rings is 1. The zero-order chi connectivity index (χ0) is 12.4. The van der Waals surface area contributed by atoms with Crippen LogP contribution in [0.5, 0.6) is 0 Å². The third kappa shape index (κ3) is 2.42. The molecule has 1 aliphatic heterocycles. The van der Waals surface area contributed by atoms with E-state index in [1.807, 2.05) is 6.92 Å². The summed E-state index contributed by atoms with van der Waals surface area (Å²) in [4.78, 5) is 25.5. The number of halogens is 1. The summed E-state index contributed by atoms with van der Waals surface area (Å²) in [5, 5.41) is 2.80. The molecule has 5 heteroatoms. The first-order valence-corrected chi connectivity index (χ1v) is 6.35. The Balaban J connectivity index is 2.12. The average Bonchev–Trinajstić information content (AvgIpc) is 3.12. The Labute approximate surface area is 101 Å². The van der Waals surface area contributed by atoms with Crippen LogP contribution < -0.4 is 5.32 Å². The van der Waals surface area contributed by atoms with Crippen LogP contribution in [-0.4, -0.2) is 42.0 Å². The molecule has 17 heavy (non-hydrogen) atoms. The summed E-state index contributed by atoms with van der Waals surface area (Å²) in [5.74, 6) is 0.0659. The molecule has 1 heterocycles. The van der Waals surface area contributed by atoms with Gasteiger partial charge in [-0.15, -0.1) is 0 Å². The zero-order valence-corrected chi connectivity index (χ0v) is 10.1. The van der Waals surface area contributed by atoms with Crippen molar-refractivity contribution in [1.29, 1.82) is 0 Å². The first-order valence-electron chi connectivity index (χ1n) is 6.35. The normalized spacial score (nSPS) is 29.4. The molecule has 2 aliphatic rings. The lowest BCUT2D eigenvalue weighted by atomic mass is 10.0. The average molecular weight is 242 g/mol. The molecule has 4 nitrogen and oxygen atoms in total. The zero-order valence-electron chi connectivity index (χ0n) is 10.1. The molecule has 1 saturated carbocycles. The molecule has 0 aromatic rings. The summed E-state index contributed by atoms with van der Waals surface area (Å²) in [6.45, 7) is 1.41. The molecule has 1 N–H and O–H groups in total. The molecule has 1 saturated heterocycles. The molecule has 2 atom stereocenters. The molecule has 2 fully saturated rings. The summed E-state index contributed by atoms with van der Waals surface area (Å²) >= 11 is 0. The standard InChI is InChI=1S/C12H19FN2O2/c1-2-3-9-11(16)14-10(8-4-5-8)12(17)15(9)7-6-13/h8-10H,2-7H2,1H3,(H,14,16). The number of carbonyl (C=O) groups is 2. The van der Waals surface area contributed by atoms with Crippen molar-refractivity contribution in [3.63, 3.8) is 0 Å². The Bertz CT molecular complexity index is 318. The van der Waals surface area contributed by atoms with E-state index in [0.29, 0.717) is 6.42 Å². The number of hydrogen-bond donors (Lipinski definition) is 1. The highest BCUT2D eigenvalue weighted by Crippen LogP contribution is 2.35. The van der Waals surface area contributed by atoms with Crippen molar-refractivity contribution in [1.82, 2.24) is 10.2 Å². The topological polar surface area (TPSA) is 49.4 Å². The predicted octanol–water partition coefficient (Wildman–Crippen LogP) is 0.862. The van der Waals surface area contributed by atoms with Crippen LogP contribution in [0, 0.1) is 5.92 Å². The number of carbonyl (C=O) groups excluding carboxylic acids is 2. The smallest absolute Gasteiger partial charge is 0.246 e. The summed E-state index contributed by atoms with van der Waals surface area (Å²) in [6.07, 6.45) is 3.38. The molecular formula is C12H19FN2O2. The monoisotopic (exact) mass is 242 g/mol. The van der Waals surface area contributed by atoms with Crippen LogP contribution in [0.15, 0.2) is 0 Å². The van der Waals surface area contributed by atoms with Crippen LogP contribution in [0.25, 0.3) is 0 Å². The molecule has 0 aromatic carbocycles. The largest absolute Gasteiger partial charge is 0.342 e. The lowest BCUT2D eigenvalue weighted by molar-refractivity contribution is -0.150. The summed E-state index contributed by atoms with van der Waals surface area (Å²) in [5.41, 5.74) is 0. The molecule has 0 spiro atoms. The van der Waals surface area contributed by atoms with E-state index >= 15 is 0 Å². The van der Waals surface area contributed by atoms with E-state index < -0.39 is 18.8 Å². The predicted molar refractivity (Wildman–Crippen MR) is 61.0 cm³/mol. The van der Waals surface area contributed by atoms with Crippen molar-refractivity contribution in [2.45, 2.75) is 44.7 Å². The second-order valence-corrected chi connectivity index (χ2v) is 4.85. The highest BCUT2D eigenvalue weighted by Gasteiger charge is 2.46. The Morgan fingerprint density at radius 3 is 2.65 bits per heavy atom. The summed E-state index contributed by atoms with van der Waals surface area (Å²) in [7, 11) is 0. The quantitative estimate of drug-likeness (QED) is 0.777. The van der Waals surface area contributed by atoms with Gasteiger partial charge in [0.2, 0.25) is 11.8 Å². The van der Waals surface area contributed by atoms with Gasteiger partial charge in [0.15, 0.2) is 0 Å². The van der Waals surface area contributed by atoms with Crippen molar-refractivity contribution in [3.8, 4) is 0 Å². The van der Waals surface area contributed by atoms with Gasteiger partial charge >= 0.3 is 0 Å². The fourth-order valence-electron chi connectivity index (χ4n) is 2.45. The van der Waals surface area contributed by atoms with E-state index in [4.69, 9.17) is 0 Å². The summed E-state index contributed by atoms with van der Waals surface area (Å²) < 4.78 is 12.5. The van der Waals surface area contributed by atoms with Gasteiger partial charge in [-0.2, -0.15) is 0 Å². The van der Waals surface area contributed by atoms with Gasteiger partial charge in [0.25, 0.3) is 0 Å². The maximum atomic E-state index is 12.5. The number of amides is 2. The van der Waals surface area contributed by atoms with E-state index in [0.717, 1.165) is 19.3 Å². The van der Waals surface area contributed by atoms with Crippen LogP contribution in [0.3, 0.4) is 0 Å².